The summed E-state index contributed by atoms with van der Waals surface area (Å²) in [5.41, 5.74) is 1.03. The van der Waals surface area contributed by atoms with E-state index in [-0.39, 0.29) is 0 Å². The Morgan fingerprint density at radius 1 is 1.50 bits per heavy atom. The molecular weight excluding hydrogens is 204 g/mol. The van der Waals surface area contributed by atoms with Crippen LogP contribution in [0.15, 0.2) is 10.8 Å². The Morgan fingerprint density at radius 2 is 2.38 bits per heavy atom. The summed E-state index contributed by atoms with van der Waals surface area (Å²) in [6.45, 7) is 4.48. The van der Waals surface area contributed by atoms with E-state index in [0.717, 1.165) is 44.1 Å². The van der Waals surface area contributed by atoms with Gasteiger partial charge in [-0.1, -0.05) is 6.92 Å². The third-order valence-corrected chi connectivity index (χ3v) is 2.68. The van der Waals surface area contributed by atoms with E-state index in [1.54, 1.807) is 0 Å². The number of hydrogen-bond acceptors (Lipinski definition) is 4. The highest BCUT2D eigenvalue weighted by atomic mass is 16.5. The van der Waals surface area contributed by atoms with Gasteiger partial charge in [-0.15, -0.1) is 0 Å². The highest BCUT2D eigenvalue weighted by Gasteiger charge is 2.21. The van der Waals surface area contributed by atoms with Gasteiger partial charge >= 0.3 is 0 Å². The largest absolute Gasteiger partial charge is 0.448 e. The van der Waals surface area contributed by atoms with Gasteiger partial charge in [0.1, 0.15) is 5.76 Å². The second kappa shape index (κ2) is 6.01. The van der Waals surface area contributed by atoms with Crippen molar-refractivity contribution in [3.8, 4) is 0 Å². The summed E-state index contributed by atoms with van der Waals surface area (Å²) in [5, 5.41) is 3.44. The smallest absolute Gasteiger partial charge is 0.181 e. The van der Waals surface area contributed by atoms with Crippen LogP contribution in [0.4, 0.5) is 0 Å². The molecule has 4 nitrogen and oxygen atoms in total. The average molecular weight is 224 g/mol. The van der Waals surface area contributed by atoms with Gasteiger partial charge in [0.05, 0.1) is 12.3 Å². The first kappa shape index (κ1) is 11.6. The van der Waals surface area contributed by atoms with Gasteiger partial charge in [-0.25, -0.2) is 4.98 Å². The lowest BCUT2D eigenvalue weighted by Gasteiger charge is -2.03. The molecular formula is C12H20N2O2. The van der Waals surface area contributed by atoms with E-state index in [0.29, 0.717) is 6.04 Å². The number of hydrogen-bond donors (Lipinski definition) is 1. The van der Waals surface area contributed by atoms with Crippen molar-refractivity contribution in [2.24, 2.45) is 0 Å². The van der Waals surface area contributed by atoms with E-state index in [9.17, 15) is 0 Å². The first-order valence-electron chi connectivity index (χ1n) is 6.12. The standard InChI is InChI=1S/C12H20N2O2/c1-2-6-15-7-5-12-11(14-9-16-12)8-13-10-3-4-10/h9-10,13H,2-8H2,1H3. The monoisotopic (exact) mass is 224 g/mol. The fourth-order valence-corrected chi connectivity index (χ4v) is 1.58. The van der Waals surface area contributed by atoms with Gasteiger partial charge in [0.2, 0.25) is 0 Å². The second-order valence-electron chi connectivity index (χ2n) is 4.24. The summed E-state index contributed by atoms with van der Waals surface area (Å²) in [7, 11) is 0. The van der Waals surface area contributed by atoms with Gasteiger partial charge in [-0.2, -0.15) is 0 Å². The molecule has 0 amide bonds. The molecule has 1 fully saturated rings. The predicted molar refractivity (Wildman–Crippen MR) is 61.2 cm³/mol. The molecule has 90 valence electrons. The molecule has 1 aliphatic carbocycles. The predicted octanol–water partition coefficient (Wildman–Crippen LogP) is 1.90. The lowest BCUT2D eigenvalue weighted by molar-refractivity contribution is 0.134. The number of oxazole rings is 1. The van der Waals surface area contributed by atoms with E-state index in [4.69, 9.17) is 9.15 Å². The summed E-state index contributed by atoms with van der Waals surface area (Å²) in [5.74, 6) is 0.962. The molecule has 0 radical (unpaired) electrons. The van der Waals surface area contributed by atoms with Crippen LogP contribution in [0.2, 0.25) is 0 Å². The zero-order valence-corrected chi connectivity index (χ0v) is 9.87. The maximum Gasteiger partial charge on any atom is 0.181 e. The summed E-state index contributed by atoms with van der Waals surface area (Å²) in [6, 6.07) is 0.709. The van der Waals surface area contributed by atoms with Crippen molar-refractivity contribution < 1.29 is 9.15 Å². The molecule has 1 N–H and O–H groups in total. The molecule has 0 aromatic carbocycles. The van der Waals surface area contributed by atoms with E-state index < -0.39 is 0 Å². The van der Waals surface area contributed by atoms with Crippen molar-refractivity contribution in [2.45, 2.75) is 45.2 Å². The van der Waals surface area contributed by atoms with Crippen LogP contribution < -0.4 is 5.32 Å². The number of rotatable bonds is 8. The molecule has 0 spiro atoms. The third-order valence-electron chi connectivity index (χ3n) is 2.68. The Kier molecular flexibility index (Phi) is 4.36. The Labute approximate surface area is 96.4 Å². The van der Waals surface area contributed by atoms with Crippen LogP contribution in [0.5, 0.6) is 0 Å². The van der Waals surface area contributed by atoms with Gasteiger partial charge in [-0.05, 0) is 19.3 Å². The molecule has 4 heteroatoms. The SMILES string of the molecule is CCCOCCc1ocnc1CNC1CC1. The molecule has 16 heavy (non-hydrogen) atoms. The van der Waals surface area contributed by atoms with Crippen LogP contribution in [-0.4, -0.2) is 24.2 Å². The van der Waals surface area contributed by atoms with Gasteiger partial charge < -0.3 is 14.5 Å². The fraction of sp³-hybridized carbons (Fsp3) is 0.750. The van der Waals surface area contributed by atoms with Crippen LogP contribution >= 0.6 is 0 Å². The number of aromatic nitrogens is 1. The zero-order chi connectivity index (χ0) is 11.2. The first-order valence-corrected chi connectivity index (χ1v) is 6.12. The van der Waals surface area contributed by atoms with Crippen molar-refractivity contribution in [1.82, 2.24) is 10.3 Å². The van der Waals surface area contributed by atoms with Crippen LogP contribution in [-0.2, 0) is 17.7 Å². The normalized spacial score (nSPS) is 15.6. The van der Waals surface area contributed by atoms with E-state index in [1.165, 1.54) is 19.2 Å². The zero-order valence-electron chi connectivity index (χ0n) is 9.87. The van der Waals surface area contributed by atoms with Crippen LogP contribution in [0.3, 0.4) is 0 Å². The van der Waals surface area contributed by atoms with Gasteiger partial charge in [0, 0.05) is 25.6 Å². The topological polar surface area (TPSA) is 47.3 Å². The van der Waals surface area contributed by atoms with Crippen molar-refractivity contribution in [3.63, 3.8) is 0 Å². The number of ether oxygens (including phenoxy) is 1. The molecule has 1 aliphatic rings. The molecule has 1 aromatic rings. The highest BCUT2D eigenvalue weighted by molar-refractivity contribution is 5.07. The van der Waals surface area contributed by atoms with Gasteiger partial charge in [0.25, 0.3) is 0 Å². The van der Waals surface area contributed by atoms with Crippen LogP contribution in [0.1, 0.15) is 37.6 Å². The van der Waals surface area contributed by atoms with E-state index >= 15 is 0 Å². The van der Waals surface area contributed by atoms with Crippen molar-refractivity contribution in [1.29, 1.82) is 0 Å². The fourth-order valence-electron chi connectivity index (χ4n) is 1.58. The number of nitrogens with one attached hydrogen (secondary N) is 1. The number of nitrogens with zero attached hydrogens (tertiary/aromatic N) is 1. The Bertz CT molecular complexity index is 308. The minimum absolute atomic E-state index is 0.709. The summed E-state index contributed by atoms with van der Waals surface area (Å²) in [4.78, 5) is 4.23. The van der Waals surface area contributed by atoms with Crippen LogP contribution in [0.25, 0.3) is 0 Å². The molecule has 2 rings (SSSR count). The molecule has 0 bridgehead atoms. The molecule has 1 heterocycles. The average Bonchev–Trinajstić information content (AvgIpc) is 3.02. The quantitative estimate of drug-likeness (QED) is 0.685. The molecule has 1 saturated carbocycles. The maximum atomic E-state index is 5.44. The summed E-state index contributed by atoms with van der Waals surface area (Å²) >= 11 is 0. The lowest BCUT2D eigenvalue weighted by Crippen LogP contribution is -2.16. The molecule has 0 aliphatic heterocycles. The lowest BCUT2D eigenvalue weighted by atomic mass is 10.2. The van der Waals surface area contributed by atoms with Crippen LogP contribution in [0, 0.1) is 0 Å². The minimum atomic E-state index is 0.709. The van der Waals surface area contributed by atoms with E-state index in [1.807, 2.05) is 0 Å². The molecule has 0 unspecified atom stereocenters. The second-order valence-corrected chi connectivity index (χ2v) is 4.24. The van der Waals surface area contributed by atoms with Crippen molar-refractivity contribution in [2.75, 3.05) is 13.2 Å². The summed E-state index contributed by atoms with van der Waals surface area (Å²) < 4.78 is 10.8. The van der Waals surface area contributed by atoms with E-state index in [2.05, 4.69) is 17.2 Å². The van der Waals surface area contributed by atoms with Gasteiger partial charge in [0.15, 0.2) is 6.39 Å². The molecule has 1 aromatic heterocycles. The highest BCUT2D eigenvalue weighted by Crippen LogP contribution is 2.19. The van der Waals surface area contributed by atoms with Crippen molar-refractivity contribution in [3.05, 3.63) is 17.8 Å². The molecule has 0 saturated heterocycles. The maximum absolute atomic E-state index is 5.44. The Balaban J connectivity index is 1.71. The van der Waals surface area contributed by atoms with Gasteiger partial charge in [-0.3, -0.25) is 0 Å². The third kappa shape index (κ3) is 3.61. The Hall–Kier alpha value is -0.870. The minimum Gasteiger partial charge on any atom is -0.448 e. The Morgan fingerprint density at radius 3 is 3.12 bits per heavy atom. The molecule has 0 atom stereocenters. The summed E-state index contributed by atoms with van der Waals surface area (Å²) in [6.07, 6.45) is 6.01. The van der Waals surface area contributed by atoms with Crippen molar-refractivity contribution >= 4 is 0 Å². The first-order chi connectivity index (χ1) is 7.90.